The minimum atomic E-state index is -0.143. The summed E-state index contributed by atoms with van der Waals surface area (Å²) in [7, 11) is 0. The Labute approximate surface area is 79.1 Å². The summed E-state index contributed by atoms with van der Waals surface area (Å²) in [5, 5.41) is 11.1. The fraction of sp³-hybridized carbons (Fsp3) is 0.800. The van der Waals surface area contributed by atoms with Crippen LogP contribution in [0.25, 0.3) is 0 Å². The maximum absolute atomic E-state index is 11.0. The van der Waals surface area contributed by atoms with Gasteiger partial charge in [0.1, 0.15) is 6.42 Å². The fourth-order valence-corrected chi connectivity index (χ4v) is 1.85. The molecule has 0 aromatic heterocycles. The van der Waals surface area contributed by atoms with Crippen molar-refractivity contribution in [2.45, 2.75) is 39.0 Å². The average molecular weight is 180 g/mol. The van der Waals surface area contributed by atoms with E-state index in [9.17, 15) is 4.79 Å². The topological polar surface area (TPSA) is 52.9 Å². The Morgan fingerprint density at radius 1 is 1.54 bits per heavy atom. The Morgan fingerprint density at radius 2 is 2.15 bits per heavy atom. The lowest BCUT2D eigenvalue weighted by Gasteiger charge is -2.23. The van der Waals surface area contributed by atoms with Crippen LogP contribution < -0.4 is 5.32 Å². The molecular weight excluding hydrogens is 164 g/mol. The second-order valence-corrected chi connectivity index (χ2v) is 4.13. The Balaban J connectivity index is 2.25. The monoisotopic (exact) mass is 180 g/mol. The third-order valence-electron chi connectivity index (χ3n) is 2.76. The van der Waals surface area contributed by atoms with E-state index in [-0.39, 0.29) is 17.7 Å². The summed E-state index contributed by atoms with van der Waals surface area (Å²) >= 11 is 0. The molecule has 1 N–H and O–H groups in total. The van der Waals surface area contributed by atoms with Crippen LogP contribution in [0.1, 0.15) is 39.0 Å². The molecule has 0 saturated heterocycles. The number of carbonyl (C=O) groups excluding carboxylic acids is 1. The SMILES string of the molecule is CC1(CNC(=O)CC#N)CCCC1. The van der Waals surface area contributed by atoms with Crippen molar-refractivity contribution in [3.63, 3.8) is 0 Å². The summed E-state index contributed by atoms with van der Waals surface area (Å²) in [4.78, 5) is 11.0. The number of rotatable bonds is 3. The first-order valence-corrected chi connectivity index (χ1v) is 4.80. The van der Waals surface area contributed by atoms with Gasteiger partial charge in [0.15, 0.2) is 0 Å². The second-order valence-electron chi connectivity index (χ2n) is 4.13. The van der Waals surface area contributed by atoms with E-state index in [2.05, 4.69) is 12.2 Å². The minimum Gasteiger partial charge on any atom is -0.355 e. The first-order valence-electron chi connectivity index (χ1n) is 4.80. The van der Waals surface area contributed by atoms with Gasteiger partial charge in [-0.25, -0.2) is 0 Å². The standard InChI is InChI=1S/C10H16N2O/c1-10(5-2-3-6-10)8-12-9(13)4-7-11/h2-6,8H2,1H3,(H,12,13). The lowest BCUT2D eigenvalue weighted by Crippen LogP contribution is -2.33. The van der Waals surface area contributed by atoms with E-state index < -0.39 is 0 Å². The molecule has 13 heavy (non-hydrogen) atoms. The molecule has 3 nitrogen and oxygen atoms in total. The minimum absolute atomic E-state index is 0.0178. The first kappa shape index (κ1) is 10.0. The van der Waals surface area contributed by atoms with Crippen molar-refractivity contribution in [3.05, 3.63) is 0 Å². The van der Waals surface area contributed by atoms with E-state index in [0.29, 0.717) is 0 Å². The van der Waals surface area contributed by atoms with E-state index in [1.54, 1.807) is 0 Å². The lowest BCUT2D eigenvalue weighted by molar-refractivity contribution is -0.120. The number of nitrogens with zero attached hydrogens (tertiary/aromatic N) is 1. The number of carbonyl (C=O) groups is 1. The Bertz CT molecular complexity index is 224. The van der Waals surface area contributed by atoms with Gasteiger partial charge in [0.2, 0.25) is 5.91 Å². The van der Waals surface area contributed by atoms with Crippen LogP contribution in [0, 0.1) is 16.7 Å². The third kappa shape index (κ3) is 3.06. The number of nitriles is 1. The van der Waals surface area contributed by atoms with Crippen molar-refractivity contribution in [1.29, 1.82) is 5.26 Å². The van der Waals surface area contributed by atoms with Gasteiger partial charge in [-0.3, -0.25) is 4.79 Å². The molecular formula is C10H16N2O. The highest BCUT2D eigenvalue weighted by Gasteiger charge is 2.28. The number of hydrogen-bond acceptors (Lipinski definition) is 2. The van der Waals surface area contributed by atoms with Gasteiger partial charge in [0.25, 0.3) is 0 Å². The van der Waals surface area contributed by atoms with Crippen LogP contribution in [0.5, 0.6) is 0 Å². The molecule has 1 saturated carbocycles. The molecule has 0 aromatic rings. The van der Waals surface area contributed by atoms with E-state index in [1.165, 1.54) is 25.7 Å². The molecule has 0 heterocycles. The van der Waals surface area contributed by atoms with Crippen molar-refractivity contribution in [2.24, 2.45) is 5.41 Å². The Morgan fingerprint density at radius 3 is 2.69 bits per heavy atom. The largest absolute Gasteiger partial charge is 0.355 e. The third-order valence-corrected chi connectivity index (χ3v) is 2.76. The van der Waals surface area contributed by atoms with Crippen LogP contribution >= 0.6 is 0 Å². The summed E-state index contributed by atoms with van der Waals surface area (Å²) in [5.74, 6) is -0.143. The maximum atomic E-state index is 11.0. The van der Waals surface area contributed by atoms with E-state index in [4.69, 9.17) is 5.26 Å². The molecule has 3 heteroatoms. The molecule has 1 rings (SSSR count). The van der Waals surface area contributed by atoms with Gasteiger partial charge in [0.05, 0.1) is 6.07 Å². The highest BCUT2D eigenvalue weighted by molar-refractivity contribution is 5.77. The highest BCUT2D eigenvalue weighted by atomic mass is 16.1. The number of amides is 1. The summed E-state index contributed by atoms with van der Waals surface area (Å²) in [6.07, 6.45) is 4.91. The second kappa shape index (κ2) is 4.27. The van der Waals surface area contributed by atoms with Gasteiger partial charge < -0.3 is 5.32 Å². The quantitative estimate of drug-likeness (QED) is 0.717. The van der Waals surface area contributed by atoms with Crippen LogP contribution in [-0.4, -0.2) is 12.5 Å². The van der Waals surface area contributed by atoms with Crippen LogP contribution in [0.4, 0.5) is 0 Å². The number of hydrogen-bond donors (Lipinski definition) is 1. The molecule has 0 bridgehead atoms. The van der Waals surface area contributed by atoms with Gasteiger partial charge >= 0.3 is 0 Å². The highest BCUT2D eigenvalue weighted by Crippen LogP contribution is 2.36. The van der Waals surface area contributed by atoms with Crippen LogP contribution in [0.3, 0.4) is 0 Å². The molecule has 0 radical (unpaired) electrons. The zero-order valence-electron chi connectivity index (χ0n) is 8.10. The van der Waals surface area contributed by atoms with Gasteiger partial charge in [-0.15, -0.1) is 0 Å². The van der Waals surface area contributed by atoms with Gasteiger partial charge in [-0.2, -0.15) is 5.26 Å². The van der Waals surface area contributed by atoms with E-state index in [1.807, 2.05) is 6.07 Å². The molecule has 0 spiro atoms. The molecule has 1 aliphatic carbocycles. The molecule has 0 atom stereocenters. The van der Waals surface area contributed by atoms with Gasteiger partial charge in [0, 0.05) is 6.54 Å². The van der Waals surface area contributed by atoms with E-state index in [0.717, 1.165) is 6.54 Å². The molecule has 1 aliphatic rings. The summed E-state index contributed by atoms with van der Waals surface area (Å²) < 4.78 is 0. The fourth-order valence-electron chi connectivity index (χ4n) is 1.85. The summed E-state index contributed by atoms with van der Waals surface area (Å²) in [6.45, 7) is 2.93. The maximum Gasteiger partial charge on any atom is 0.234 e. The van der Waals surface area contributed by atoms with Gasteiger partial charge in [-0.1, -0.05) is 19.8 Å². The Hall–Kier alpha value is -1.04. The normalized spacial score (nSPS) is 19.4. The zero-order chi connectivity index (χ0) is 9.73. The average Bonchev–Trinajstić information content (AvgIpc) is 2.51. The van der Waals surface area contributed by atoms with Crippen molar-refractivity contribution < 1.29 is 4.79 Å². The lowest BCUT2D eigenvalue weighted by atomic mass is 9.89. The van der Waals surface area contributed by atoms with Crippen molar-refractivity contribution in [3.8, 4) is 6.07 Å². The van der Waals surface area contributed by atoms with Crippen LogP contribution in [-0.2, 0) is 4.79 Å². The molecule has 0 unspecified atom stereocenters. The molecule has 1 amide bonds. The van der Waals surface area contributed by atoms with Crippen LogP contribution in [0.2, 0.25) is 0 Å². The van der Waals surface area contributed by atoms with E-state index >= 15 is 0 Å². The summed E-state index contributed by atoms with van der Waals surface area (Å²) in [6, 6.07) is 1.84. The zero-order valence-corrected chi connectivity index (χ0v) is 8.10. The number of nitrogens with one attached hydrogen (secondary N) is 1. The smallest absolute Gasteiger partial charge is 0.234 e. The first-order chi connectivity index (χ1) is 6.16. The predicted molar refractivity (Wildman–Crippen MR) is 49.8 cm³/mol. The molecule has 72 valence electrons. The molecule has 0 aliphatic heterocycles. The van der Waals surface area contributed by atoms with Crippen molar-refractivity contribution >= 4 is 5.91 Å². The Kier molecular flexibility index (Phi) is 3.30. The molecule has 0 aromatic carbocycles. The molecule has 1 fully saturated rings. The van der Waals surface area contributed by atoms with Crippen molar-refractivity contribution in [1.82, 2.24) is 5.32 Å². The van der Waals surface area contributed by atoms with Crippen LogP contribution in [0.15, 0.2) is 0 Å². The predicted octanol–water partition coefficient (Wildman–Crippen LogP) is 1.60. The van der Waals surface area contributed by atoms with Gasteiger partial charge in [-0.05, 0) is 18.3 Å². The van der Waals surface area contributed by atoms with Crippen molar-refractivity contribution in [2.75, 3.05) is 6.54 Å². The summed E-state index contributed by atoms with van der Waals surface area (Å²) in [5.41, 5.74) is 0.283.